The number of likely N-dealkylation sites (N-methyl/N-ethyl adjacent to an activating group) is 1. The molecule has 0 aromatic heterocycles. The zero-order valence-corrected chi connectivity index (χ0v) is 47.5. The molecule has 0 heterocycles. The van der Waals surface area contributed by atoms with Gasteiger partial charge >= 0.3 is 5.97 Å². The van der Waals surface area contributed by atoms with Gasteiger partial charge in [0.05, 0.1) is 34.4 Å². The molecule has 410 valence electrons. The van der Waals surface area contributed by atoms with E-state index in [1.165, 1.54) is 122 Å². The molecule has 0 spiro atoms. The monoisotopic (exact) mass is 1010 g/mol. The van der Waals surface area contributed by atoms with Gasteiger partial charge in [-0.15, -0.1) is 0 Å². The van der Waals surface area contributed by atoms with E-state index in [-0.39, 0.29) is 25.8 Å². The fraction of sp³-hybridized carbons (Fsp3) is 0.726. The van der Waals surface area contributed by atoms with E-state index in [4.69, 9.17) is 18.5 Å². The Kier molecular flexibility index (Phi) is 51.8. The molecule has 9 heteroatoms. The summed E-state index contributed by atoms with van der Waals surface area (Å²) >= 11 is 0. The lowest BCUT2D eigenvalue weighted by Crippen LogP contribution is -2.37. The molecule has 0 aliphatic heterocycles. The molecule has 0 aliphatic rings. The van der Waals surface area contributed by atoms with Crippen LogP contribution in [0.2, 0.25) is 0 Å². The van der Waals surface area contributed by atoms with E-state index in [0.29, 0.717) is 24.1 Å². The van der Waals surface area contributed by atoms with Gasteiger partial charge in [-0.25, -0.2) is 0 Å². The summed E-state index contributed by atoms with van der Waals surface area (Å²) in [5.74, 6) is -0.348. The average molecular weight is 1010 g/mol. The number of carbonyl (C=O) groups excluding carboxylic acids is 1. The van der Waals surface area contributed by atoms with Crippen LogP contribution >= 0.6 is 7.82 Å². The number of nitrogens with zero attached hydrogens (tertiary/aromatic N) is 1. The van der Waals surface area contributed by atoms with Crippen molar-refractivity contribution in [1.29, 1.82) is 0 Å². The lowest BCUT2D eigenvalue weighted by atomic mass is 10.1. The molecule has 0 aromatic rings. The van der Waals surface area contributed by atoms with Crippen LogP contribution in [0, 0.1) is 0 Å². The zero-order valence-electron chi connectivity index (χ0n) is 46.6. The Hall–Kier alpha value is -2.58. The highest BCUT2D eigenvalue weighted by Gasteiger charge is 2.20. The van der Waals surface area contributed by atoms with Crippen LogP contribution in [0.5, 0.6) is 0 Å². The summed E-state index contributed by atoms with van der Waals surface area (Å²) in [5.41, 5.74) is 0. The SMILES string of the molecule is CC/C=C\C/C=C\C/C=C\C/C=C\C/C=C\CCCCCCCCCC(=O)OC(COCCCCCCCCCCCCC/C=C\C/C=C\C/C=C\CCCCCCC)COP(=O)([O-])OCC[N+](C)(C)C. The van der Waals surface area contributed by atoms with Crippen LogP contribution in [0.25, 0.3) is 0 Å². The third-order valence-electron chi connectivity index (χ3n) is 12.1. The highest BCUT2D eigenvalue weighted by Crippen LogP contribution is 2.38. The first-order valence-electron chi connectivity index (χ1n) is 29.0. The highest BCUT2D eigenvalue weighted by molar-refractivity contribution is 7.45. The predicted octanol–water partition coefficient (Wildman–Crippen LogP) is 17.9. The van der Waals surface area contributed by atoms with Crippen molar-refractivity contribution in [2.24, 2.45) is 0 Å². The fourth-order valence-corrected chi connectivity index (χ4v) is 8.43. The van der Waals surface area contributed by atoms with Crippen LogP contribution in [0.3, 0.4) is 0 Å². The number of unbranched alkanes of at least 4 members (excludes halogenated alkanes) is 23. The Labute approximate surface area is 438 Å². The summed E-state index contributed by atoms with van der Waals surface area (Å²) in [6, 6.07) is 0. The van der Waals surface area contributed by atoms with Gasteiger partial charge in [0, 0.05) is 13.0 Å². The standard InChI is InChI=1S/C62H110NO7P/c1-6-8-10-12-14-16-18-20-22-24-26-28-30-31-32-34-36-38-40-42-44-46-48-50-52-54-57-67-59-61(60-69-71(65,66)68-58-56-63(3,4)5)70-62(64)55-53-51-49-47-45-43-41-39-37-35-33-29-27-25-23-21-19-17-15-13-11-9-7-2/h9,11,15,17-18,20-21,23-24,26-27,29-31,35,37,61H,6-8,10,12-14,16,19,22,25,28,32-34,36,38-60H2,1-5H3/b11-9-,17-15-,20-18-,23-21-,26-24-,29-27-,31-30-,37-35-. The summed E-state index contributed by atoms with van der Waals surface area (Å²) in [6.07, 6.45) is 74.4. The van der Waals surface area contributed by atoms with Gasteiger partial charge in [-0.05, 0) is 96.3 Å². The maximum absolute atomic E-state index is 12.8. The normalized spacial score (nSPS) is 14.2. The molecule has 8 nitrogen and oxygen atoms in total. The molecule has 0 bridgehead atoms. The van der Waals surface area contributed by atoms with Crippen LogP contribution < -0.4 is 4.89 Å². The van der Waals surface area contributed by atoms with Crippen LogP contribution in [0.15, 0.2) is 97.2 Å². The molecular weight excluding hydrogens is 902 g/mol. The summed E-state index contributed by atoms with van der Waals surface area (Å²) in [4.78, 5) is 25.3. The number of ether oxygens (including phenoxy) is 2. The number of allylic oxidation sites excluding steroid dienone is 16. The molecule has 0 radical (unpaired) electrons. The van der Waals surface area contributed by atoms with Crippen molar-refractivity contribution in [2.45, 2.75) is 238 Å². The van der Waals surface area contributed by atoms with E-state index in [9.17, 15) is 14.3 Å². The van der Waals surface area contributed by atoms with Crippen molar-refractivity contribution in [1.82, 2.24) is 0 Å². The lowest BCUT2D eigenvalue weighted by Gasteiger charge is -2.28. The zero-order chi connectivity index (χ0) is 51.9. The van der Waals surface area contributed by atoms with Crippen LogP contribution in [-0.2, 0) is 27.9 Å². The predicted molar refractivity (Wildman–Crippen MR) is 305 cm³/mol. The Balaban J connectivity index is 4.13. The number of phosphoric acid groups is 1. The van der Waals surface area contributed by atoms with E-state index in [2.05, 4.69) is 111 Å². The molecule has 0 aromatic carbocycles. The second-order valence-electron chi connectivity index (χ2n) is 20.3. The van der Waals surface area contributed by atoms with Crippen molar-refractivity contribution >= 4 is 13.8 Å². The Bertz CT molecular complexity index is 1460. The molecule has 0 aliphatic carbocycles. The third kappa shape index (κ3) is 58.2. The second kappa shape index (κ2) is 53.7. The van der Waals surface area contributed by atoms with E-state index in [1.54, 1.807) is 0 Å². The maximum atomic E-state index is 12.8. The van der Waals surface area contributed by atoms with E-state index in [0.717, 1.165) is 89.9 Å². The topological polar surface area (TPSA) is 94.1 Å². The second-order valence-corrected chi connectivity index (χ2v) is 21.7. The van der Waals surface area contributed by atoms with Crippen molar-refractivity contribution in [3.63, 3.8) is 0 Å². The Morgan fingerprint density at radius 3 is 1.23 bits per heavy atom. The minimum atomic E-state index is -4.55. The molecule has 2 unspecified atom stereocenters. The van der Waals surface area contributed by atoms with Gasteiger partial charge in [0.25, 0.3) is 7.82 Å². The summed E-state index contributed by atoms with van der Waals surface area (Å²) < 4.78 is 34.8. The fourth-order valence-electron chi connectivity index (χ4n) is 7.70. The Morgan fingerprint density at radius 2 is 0.817 bits per heavy atom. The van der Waals surface area contributed by atoms with Crippen molar-refractivity contribution in [3.05, 3.63) is 97.2 Å². The van der Waals surface area contributed by atoms with Gasteiger partial charge in [-0.3, -0.25) is 9.36 Å². The average Bonchev–Trinajstić information content (AvgIpc) is 3.33. The molecule has 0 saturated heterocycles. The lowest BCUT2D eigenvalue weighted by molar-refractivity contribution is -0.870. The molecule has 0 rings (SSSR count). The van der Waals surface area contributed by atoms with Crippen LogP contribution in [-0.4, -0.2) is 70.7 Å². The van der Waals surface area contributed by atoms with E-state index in [1.807, 2.05) is 21.1 Å². The van der Waals surface area contributed by atoms with Gasteiger partial charge in [0.1, 0.15) is 19.3 Å². The van der Waals surface area contributed by atoms with Gasteiger partial charge in [-0.2, -0.15) is 0 Å². The molecule has 0 N–H and O–H groups in total. The third-order valence-corrected chi connectivity index (χ3v) is 13.1. The smallest absolute Gasteiger partial charge is 0.306 e. The molecular formula is C62H110NO7P. The molecule has 2 atom stereocenters. The Morgan fingerprint density at radius 1 is 0.451 bits per heavy atom. The summed E-state index contributed by atoms with van der Waals surface area (Å²) in [7, 11) is 1.34. The summed E-state index contributed by atoms with van der Waals surface area (Å²) in [6.45, 7) is 5.27. The first-order valence-corrected chi connectivity index (χ1v) is 30.4. The molecule has 0 fully saturated rings. The van der Waals surface area contributed by atoms with E-state index < -0.39 is 13.9 Å². The van der Waals surface area contributed by atoms with Crippen LogP contribution in [0.4, 0.5) is 0 Å². The minimum Gasteiger partial charge on any atom is -0.756 e. The number of hydrogen-bond acceptors (Lipinski definition) is 7. The minimum absolute atomic E-state index is 0.0182. The number of rotatable bonds is 53. The van der Waals surface area contributed by atoms with Crippen molar-refractivity contribution in [2.75, 3.05) is 54.1 Å². The van der Waals surface area contributed by atoms with Gasteiger partial charge in [-0.1, -0.05) is 227 Å². The van der Waals surface area contributed by atoms with E-state index >= 15 is 0 Å². The van der Waals surface area contributed by atoms with Crippen molar-refractivity contribution in [3.8, 4) is 0 Å². The molecule has 0 saturated carbocycles. The van der Waals surface area contributed by atoms with Gasteiger partial charge < -0.3 is 27.9 Å². The highest BCUT2D eigenvalue weighted by atomic mass is 31.2. The summed E-state index contributed by atoms with van der Waals surface area (Å²) in [5, 5.41) is 0. The van der Waals surface area contributed by atoms with Crippen molar-refractivity contribution < 1.29 is 37.3 Å². The number of hydrogen-bond donors (Lipinski definition) is 0. The van der Waals surface area contributed by atoms with Gasteiger partial charge in [0.15, 0.2) is 0 Å². The first-order chi connectivity index (χ1) is 34.6. The van der Waals surface area contributed by atoms with Gasteiger partial charge in [0.2, 0.25) is 0 Å². The molecule has 0 amide bonds. The first kappa shape index (κ1) is 68.4. The quantitative estimate of drug-likeness (QED) is 0.0197. The number of phosphoric ester groups is 1. The number of carbonyl (C=O) groups is 1. The van der Waals surface area contributed by atoms with Crippen LogP contribution in [0.1, 0.15) is 232 Å². The maximum Gasteiger partial charge on any atom is 0.306 e. The molecule has 71 heavy (non-hydrogen) atoms. The number of esters is 1. The number of quaternary nitrogens is 1. The largest absolute Gasteiger partial charge is 0.756 e.